The van der Waals surface area contributed by atoms with Gasteiger partial charge in [0.1, 0.15) is 5.75 Å². The van der Waals surface area contributed by atoms with Crippen molar-refractivity contribution >= 4 is 27.7 Å². The molecule has 128 valence electrons. The van der Waals surface area contributed by atoms with Crippen LogP contribution in [0.2, 0.25) is 5.02 Å². The van der Waals surface area contributed by atoms with Gasteiger partial charge in [0.25, 0.3) is 16.1 Å². The van der Waals surface area contributed by atoms with Crippen molar-refractivity contribution in [3.8, 4) is 5.75 Å². The first-order chi connectivity index (χ1) is 10.8. The number of hydrogen-bond acceptors (Lipinski definition) is 4. The minimum atomic E-state index is -3.44. The quantitative estimate of drug-likeness (QED) is 0.799. The van der Waals surface area contributed by atoms with Crippen molar-refractivity contribution in [1.29, 1.82) is 0 Å². The molecule has 1 heterocycles. The molecule has 0 atom stereocenters. The summed E-state index contributed by atoms with van der Waals surface area (Å²) in [7, 11) is 1.05. The largest absolute Gasteiger partial charge is 0.495 e. The minimum absolute atomic E-state index is 0.170. The van der Waals surface area contributed by atoms with Crippen molar-refractivity contribution in [3.63, 3.8) is 0 Å². The number of benzene rings is 1. The highest BCUT2D eigenvalue weighted by molar-refractivity contribution is 7.86. The van der Waals surface area contributed by atoms with Crippen molar-refractivity contribution in [2.24, 2.45) is 0 Å². The van der Waals surface area contributed by atoms with Crippen LogP contribution in [0.1, 0.15) is 10.4 Å². The summed E-state index contributed by atoms with van der Waals surface area (Å²) in [4.78, 5) is 14.1. The molecule has 0 unspecified atom stereocenters. The molecule has 1 aromatic rings. The van der Waals surface area contributed by atoms with E-state index in [0.29, 0.717) is 29.4 Å². The van der Waals surface area contributed by atoms with Crippen LogP contribution in [0.25, 0.3) is 0 Å². The molecule has 1 aliphatic heterocycles. The first kappa shape index (κ1) is 18.0. The van der Waals surface area contributed by atoms with Gasteiger partial charge in [-0.2, -0.15) is 17.0 Å². The van der Waals surface area contributed by atoms with E-state index in [9.17, 15) is 13.2 Å². The van der Waals surface area contributed by atoms with Gasteiger partial charge in [-0.3, -0.25) is 4.79 Å². The molecular weight excluding hydrogens is 342 g/mol. The molecule has 9 heteroatoms. The predicted octanol–water partition coefficient (Wildman–Crippen LogP) is 0.913. The zero-order valence-corrected chi connectivity index (χ0v) is 14.9. The Morgan fingerprint density at radius 1 is 1.22 bits per heavy atom. The number of ether oxygens (including phenoxy) is 1. The third-order valence-electron chi connectivity index (χ3n) is 3.71. The Morgan fingerprint density at radius 2 is 1.83 bits per heavy atom. The number of carbonyl (C=O) groups excluding carboxylic acids is 1. The van der Waals surface area contributed by atoms with E-state index in [1.54, 1.807) is 23.1 Å². The summed E-state index contributed by atoms with van der Waals surface area (Å²) in [5, 5.41) is 0.368. The predicted molar refractivity (Wildman–Crippen MR) is 88.1 cm³/mol. The van der Waals surface area contributed by atoms with Crippen molar-refractivity contribution in [2.45, 2.75) is 0 Å². The Hall–Kier alpha value is -1.35. The van der Waals surface area contributed by atoms with Crippen LogP contribution in [0, 0.1) is 0 Å². The van der Waals surface area contributed by atoms with Crippen LogP contribution in [0.15, 0.2) is 18.2 Å². The molecule has 0 spiro atoms. The van der Waals surface area contributed by atoms with Crippen LogP contribution in [-0.2, 0) is 10.2 Å². The Kier molecular flexibility index (Phi) is 5.51. The van der Waals surface area contributed by atoms with Crippen molar-refractivity contribution in [1.82, 2.24) is 13.5 Å². The second kappa shape index (κ2) is 7.04. The number of carbonyl (C=O) groups is 1. The van der Waals surface area contributed by atoms with Gasteiger partial charge in [-0.05, 0) is 18.2 Å². The number of piperazine rings is 1. The van der Waals surface area contributed by atoms with Gasteiger partial charge in [0.05, 0.1) is 12.1 Å². The number of amides is 1. The number of methoxy groups -OCH3 is 1. The fraction of sp³-hybridized carbons (Fsp3) is 0.500. The number of rotatable bonds is 4. The molecule has 1 amide bonds. The SMILES string of the molecule is COc1ccc(C(=O)N2CCN(S(=O)(=O)N(C)C)CC2)cc1Cl. The van der Waals surface area contributed by atoms with Gasteiger partial charge in [-0.15, -0.1) is 0 Å². The molecule has 1 saturated heterocycles. The second-order valence-electron chi connectivity index (χ2n) is 5.33. The maximum absolute atomic E-state index is 12.5. The van der Waals surface area contributed by atoms with Crippen LogP contribution in [0.3, 0.4) is 0 Å². The van der Waals surface area contributed by atoms with E-state index in [0.717, 1.165) is 0 Å². The van der Waals surface area contributed by atoms with Gasteiger partial charge >= 0.3 is 0 Å². The van der Waals surface area contributed by atoms with Gasteiger partial charge in [0.15, 0.2) is 0 Å². The topological polar surface area (TPSA) is 70.2 Å². The van der Waals surface area contributed by atoms with E-state index < -0.39 is 10.2 Å². The lowest BCUT2D eigenvalue weighted by atomic mass is 10.1. The lowest BCUT2D eigenvalue weighted by Gasteiger charge is -2.35. The smallest absolute Gasteiger partial charge is 0.281 e. The zero-order valence-electron chi connectivity index (χ0n) is 13.3. The summed E-state index contributed by atoms with van der Waals surface area (Å²) in [5.74, 6) is 0.335. The summed E-state index contributed by atoms with van der Waals surface area (Å²) in [5.41, 5.74) is 0.458. The molecule has 0 aromatic heterocycles. The van der Waals surface area contributed by atoms with Crippen LogP contribution >= 0.6 is 11.6 Å². The molecule has 0 bridgehead atoms. The van der Waals surface area contributed by atoms with Gasteiger partial charge in [0.2, 0.25) is 0 Å². The van der Waals surface area contributed by atoms with Crippen molar-refractivity contribution in [2.75, 3.05) is 47.4 Å². The van der Waals surface area contributed by atoms with E-state index in [2.05, 4.69) is 0 Å². The average molecular weight is 362 g/mol. The zero-order chi connectivity index (χ0) is 17.2. The molecule has 0 radical (unpaired) electrons. The second-order valence-corrected chi connectivity index (χ2v) is 7.88. The standard InChI is InChI=1S/C14H20ClN3O4S/c1-16(2)23(20,21)18-8-6-17(7-9-18)14(19)11-4-5-13(22-3)12(15)10-11/h4-5,10H,6-9H2,1-3H3. The van der Waals surface area contributed by atoms with Gasteiger partial charge in [-0.1, -0.05) is 11.6 Å². The molecule has 2 rings (SSSR count). The van der Waals surface area contributed by atoms with E-state index in [1.807, 2.05) is 0 Å². The molecule has 23 heavy (non-hydrogen) atoms. The number of nitrogens with zero attached hydrogens (tertiary/aromatic N) is 3. The first-order valence-corrected chi connectivity index (χ1v) is 8.85. The van der Waals surface area contributed by atoms with Gasteiger partial charge < -0.3 is 9.64 Å². The van der Waals surface area contributed by atoms with E-state index in [1.165, 1.54) is 29.8 Å². The van der Waals surface area contributed by atoms with Gasteiger partial charge in [-0.25, -0.2) is 0 Å². The summed E-state index contributed by atoms with van der Waals surface area (Å²) in [6, 6.07) is 4.85. The summed E-state index contributed by atoms with van der Waals surface area (Å²) < 4.78 is 31.7. The van der Waals surface area contributed by atoms with Gasteiger partial charge in [0, 0.05) is 45.8 Å². The third-order valence-corrected chi connectivity index (χ3v) is 5.95. The summed E-state index contributed by atoms with van der Waals surface area (Å²) >= 11 is 6.04. The Morgan fingerprint density at radius 3 is 2.30 bits per heavy atom. The normalized spacial score (nSPS) is 16.7. The van der Waals surface area contributed by atoms with Crippen LogP contribution in [0.5, 0.6) is 5.75 Å². The fourth-order valence-electron chi connectivity index (χ4n) is 2.33. The Labute approximate surface area is 141 Å². The fourth-order valence-corrected chi connectivity index (χ4v) is 3.68. The highest BCUT2D eigenvalue weighted by Crippen LogP contribution is 2.25. The van der Waals surface area contributed by atoms with E-state index >= 15 is 0 Å². The lowest BCUT2D eigenvalue weighted by molar-refractivity contribution is 0.0695. The molecular formula is C14H20ClN3O4S. The summed E-state index contributed by atoms with van der Waals surface area (Å²) in [6.07, 6.45) is 0. The number of hydrogen-bond donors (Lipinski definition) is 0. The van der Waals surface area contributed by atoms with E-state index in [4.69, 9.17) is 16.3 Å². The van der Waals surface area contributed by atoms with Crippen LogP contribution in [0.4, 0.5) is 0 Å². The number of halogens is 1. The first-order valence-electron chi connectivity index (χ1n) is 7.07. The third kappa shape index (κ3) is 3.77. The maximum atomic E-state index is 12.5. The minimum Gasteiger partial charge on any atom is -0.495 e. The van der Waals surface area contributed by atoms with Crippen LogP contribution < -0.4 is 4.74 Å². The highest BCUT2D eigenvalue weighted by Gasteiger charge is 2.30. The Bertz CT molecular complexity index is 685. The maximum Gasteiger partial charge on any atom is 0.281 e. The van der Waals surface area contributed by atoms with Crippen LogP contribution in [-0.4, -0.2) is 75.2 Å². The molecule has 0 aliphatic carbocycles. The molecule has 0 saturated carbocycles. The molecule has 7 nitrogen and oxygen atoms in total. The highest BCUT2D eigenvalue weighted by atomic mass is 35.5. The van der Waals surface area contributed by atoms with Crippen molar-refractivity contribution < 1.29 is 17.9 Å². The Balaban J connectivity index is 2.05. The summed E-state index contributed by atoms with van der Waals surface area (Å²) in [6.45, 7) is 1.23. The van der Waals surface area contributed by atoms with E-state index in [-0.39, 0.29) is 19.0 Å². The molecule has 1 fully saturated rings. The molecule has 1 aromatic carbocycles. The average Bonchev–Trinajstić information content (AvgIpc) is 2.54. The lowest BCUT2D eigenvalue weighted by Crippen LogP contribution is -2.53. The van der Waals surface area contributed by atoms with Crippen molar-refractivity contribution in [3.05, 3.63) is 28.8 Å². The monoisotopic (exact) mass is 361 g/mol. The molecule has 1 aliphatic rings. The molecule has 0 N–H and O–H groups in total.